The van der Waals surface area contributed by atoms with Crippen molar-refractivity contribution in [2.75, 3.05) is 13.1 Å². The number of hydrogen-bond donors (Lipinski definition) is 5. The molecule has 1 aliphatic carbocycles. The van der Waals surface area contributed by atoms with Crippen molar-refractivity contribution in [1.29, 1.82) is 5.41 Å². The van der Waals surface area contributed by atoms with Gasteiger partial charge in [-0.15, -0.1) is 0 Å². The summed E-state index contributed by atoms with van der Waals surface area (Å²) in [7, 11) is 0. The van der Waals surface area contributed by atoms with Crippen molar-refractivity contribution in [2.24, 2.45) is 11.8 Å². The maximum absolute atomic E-state index is 12.7. The molecule has 0 bridgehead atoms. The molecule has 3 atom stereocenters. The van der Waals surface area contributed by atoms with E-state index in [2.05, 4.69) is 21.3 Å². The van der Waals surface area contributed by atoms with Crippen molar-refractivity contribution in [2.45, 2.75) is 45.3 Å². The Bertz CT molecular complexity index is 768. The average molecular weight is 419 g/mol. The van der Waals surface area contributed by atoms with Crippen LogP contribution in [0.25, 0.3) is 0 Å². The lowest BCUT2D eigenvalue weighted by atomic mass is 9.85. The molecule has 0 radical (unpaired) electrons. The molecule has 10 nitrogen and oxygen atoms in total. The molecule has 4 amide bonds. The Morgan fingerprint density at radius 3 is 2.67 bits per heavy atom. The average Bonchev–Trinajstić information content (AvgIpc) is 2.65. The van der Waals surface area contributed by atoms with Crippen LogP contribution < -0.4 is 21.3 Å². The molecule has 1 aliphatic heterocycles. The van der Waals surface area contributed by atoms with E-state index in [9.17, 15) is 19.2 Å². The number of hydrogen-bond acceptors (Lipinski definition) is 7. The Morgan fingerprint density at radius 1 is 1.30 bits per heavy atom. The van der Waals surface area contributed by atoms with Crippen LogP contribution in [0, 0.1) is 17.2 Å². The molecule has 3 unspecified atom stereocenters. The maximum atomic E-state index is 12.7. The number of carbonyl (C=O) groups is 4. The van der Waals surface area contributed by atoms with Crippen molar-refractivity contribution in [3.8, 4) is 0 Å². The lowest BCUT2D eigenvalue weighted by Gasteiger charge is -2.29. The van der Waals surface area contributed by atoms with Gasteiger partial charge in [0.25, 0.3) is 0 Å². The Balaban J connectivity index is 1.86. The van der Waals surface area contributed by atoms with E-state index in [4.69, 9.17) is 10.1 Å². The fourth-order valence-corrected chi connectivity index (χ4v) is 3.11. The van der Waals surface area contributed by atoms with Crippen LogP contribution in [0.5, 0.6) is 0 Å². The summed E-state index contributed by atoms with van der Waals surface area (Å²) in [5, 5.41) is 18.4. The minimum atomic E-state index is -0.768. The molecule has 5 N–H and O–H groups in total. The lowest BCUT2D eigenvalue weighted by Crippen LogP contribution is -2.54. The quantitative estimate of drug-likeness (QED) is 0.228. The van der Waals surface area contributed by atoms with Crippen LogP contribution in [-0.2, 0) is 19.1 Å². The summed E-state index contributed by atoms with van der Waals surface area (Å²) in [6, 6.07) is -0.768. The molecule has 0 spiro atoms. The molecule has 1 heterocycles. The second-order valence-electron chi connectivity index (χ2n) is 8.09. The number of imide groups is 1. The van der Waals surface area contributed by atoms with Gasteiger partial charge in [-0.25, -0.2) is 4.79 Å². The highest BCUT2D eigenvalue weighted by Gasteiger charge is 2.34. The third-order valence-corrected chi connectivity index (χ3v) is 4.50. The smallest absolute Gasteiger partial charge is 0.407 e. The van der Waals surface area contributed by atoms with E-state index in [1.807, 2.05) is 0 Å². The summed E-state index contributed by atoms with van der Waals surface area (Å²) < 4.78 is 5.16. The van der Waals surface area contributed by atoms with Crippen LogP contribution >= 0.6 is 0 Å². The third kappa shape index (κ3) is 6.71. The van der Waals surface area contributed by atoms with Gasteiger partial charge in [-0.3, -0.25) is 19.7 Å². The molecule has 1 saturated heterocycles. The predicted molar refractivity (Wildman–Crippen MR) is 110 cm³/mol. The molecular formula is C20H29N5O5. The summed E-state index contributed by atoms with van der Waals surface area (Å²) in [4.78, 5) is 47.5. The van der Waals surface area contributed by atoms with Crippen molar-refractivity contribution in [3.05, 3.63) is 23.9 Å². The number of piperidine rings is 1. The first-order chi connectivity index (χ1) is 14.1. The summed E-state index contributed by atoms with van der Waals surface area (Å²) in [6.07, 6.45) is 6.20. The molecule has 10 heteroatoms. The van der Waals surface area contributed by atoms with Gasteiger partial charge in [0.2, 0.25) is 17.7 Å². The number of rotatable bonds is 7. The first-order valence-electron chi connectivity index (χ1n) is 9.84. The van der Waals surface area contributed by atoms with Crippen LogP contribution in [0.15, 0.2) is 23.9 Å². The number of carbonyl (C=O) groups excluding carboxylic acids is 4. The van der Waals surface area contributed by atoms with Crippen molar-refractivity contribution in [3.63, 3.8) is 0 Å². The molecule has 30 heavy (non-hydrogen) atoms. The van der Waals surface area contributed by atoms with Gasteiger partial charge in [0.05, 0.1) is 5.92 Å². The zero-order valence-electron chi connectivity index (χ0n) is 17.4. The number of ether oxygens (including phenoxy) is 1. The maximum Gasteiger partial charge on any atom is 0.407 e. The zero-order chi connectivity index (χ0) is 22.3. The van der Waals surface area contributed by atoms with E-state index in [1.54, 1.807) is 39.0 Å². The SMILES string of the molecule is CC(C)(C)OC(=O)NCCNC1=CC=CC(C(=O)NC2CCC(=O)NC2=O)C1C=N. The van der Waals surface area contributed by atoms with Crippen LogP contribution in [0.3, 0.4) is 0 Å². The van der Waals surface area contributed by atoms with Crippen molar-refractivity contribution >= 4 is 30.0 Å². The summed E-state index contributed by atoms with van der Waals surface area (Å²) in [6.45, 7) is 6.01. The highest BCUT2D eigenvalue weighted by molar-refractivity contribution is 6.02. The molecule has 2 rings (SSSR count). The van der Waals surface area contributed by atoms with Gasteiger partial charge in [-0.1, -0.05) is 12.2 Å². The Hall–Kier alpha value is -3.17. The Morgan fingerprint density at radius 2 is 2.03 bits per heavy atom. The van der Waals surface area contributed by atoms with Crippen molar-refractivity contribution < 1.29 is 23.9 Å². The van der Waals surface area contributed by atoms with E-state index in [1.165, 1.54) is 6.21 Å². The highest BCUT2D eigenvalue weighted by Crippen LogP contribution is 2.24. The lowest BCUT2D eigenvalue weighted by molar-refractivity contribution is -0.137. The molecule has 0 saturated carbocycles. The molecular weight excluding hydrogens is 390 g/mol. The van der Waals surface area contributed by atoms with E-state index >= 15 is 0 Å². The zero-order valence-corrected chi connectivity index (χ0v) is 17.4. The standard InChI is InChI=1S/C20H29N5O5/c1-20(2,3)30-19(29)23-10-9-22-14-6-4-5-12(13(14)11-21)17(27)24-15-7-8-16(26)25-18(15)28/h4-6,11-13,15,21-22H,7-10H2,1-3H3,(H,23,29)(H,24,27)(H,25,26,28). The molecule has 2 aliphatic rings. The van der Waals surface area contributed by atoms with Crippen LogP contribution in [0.1, 0.15) is 33.6 Å². The topological polar surface area (TPSA) is 149 Å². The molecule has 164 valence electrons. The summed E-state index contributed by atoms with van der Waals surface area (Å²) >= 11 is 0. The molecule has 1 fully saturated rings. The van der Waals surface area contributed by atoms with Gasteiger partial charge in [0.15, 0.2) is 0 Å². The summed E-state index contributed by atoms with van der Waals surface area (Å²) in [5.74, 6) is -2.47. The fraction of sp³-hybridized carbons (Fsp3) is 0.550. The second kappa shape index (κ2) is 10.0. The third-order valence-electron chi connectivity index (χ3n) is 4.50. The number of amides is 4. The van der Waals surface area contributed by atoms with Gasteiger partial charge in [-0.2, -0.15) is 0 Å². The van der Waals surface area contributed by atoms with Gasteiger partial charge in [-0.05, 0) is 33.3 Å². The van der Waals surface area contributed by atoms with Crippen LogP contribution in [0.4, 0.5) is 4.79 Å². The highest BCUT2D eigenvalue weighted by atomic mass is 16.6. The van der Waals surface area contributed by atoms with Gasteiger partial charge in [0.1, 0.15) is 11.6 Å². The molecule has 0 aromatic carbocycles. The van der Waals surface area contributed by atoms with E-state index in [-0.39, 0.29) is 18.7 Å². The largest absolute Gasteiger partial charge is 0.444 e. The van der Waals surface area contributed by atoms with Crippen LogP contribution in [0.2, 0.25) is 0 Å². The minimum absolute atomic E-state index is 0.169. The monoisotopic (exact) mass is 419 g/mol. The molecule has 0 aromatic rings. The number of nitrogens with one attached hydrogen (secondary N) is 5. The molecule has 0 aromatic heterocycles. The minimum Gasteiger partial charge on any atom is -0.444 e. The first-order valence-corrected chi connectivity index (χ1v) is 9.84. The Labute approximate surface area is 175 Å². The first kappa shape index (κ1) is 23.1. The van der Waals surface area contributed by atoms with E-state index in [0.717, 1.165) is 0 Å². The van der Waals surface area contributed by atoms with Gasteiger partial charge in [0, 0.05) is 37.3 Å². The number of alkyl carbamates (subject to hydrolysis) is 1. The second-order valence-corrected chi connectivity index (χ2v) is 8.09. The van der Waals surface area contributed by atoms with Crippen molar-refractivity contribution in [1.82, 2.24) is 21.3 Å². The van der Waals surface area contributed by atoms with Gasteiger partial charge >= 0.3 is 6.09 Å². The fourth-order valence-electron chi connectivity index (χ4n) is 3.11. The Kier molecular flexibility index (Phi) is 7.73. The normalized spacial score (nSPS) is 23.7. The summed E-state index contributed by atoms with van der Waals surface area (Å²) in [5.41, 5.74) is 0.0738. The van der Waals surface area contributed by atoms with E-state index in [0.29, 0.717) is 18.8 Å². The van der Waals surface area contributed by atoms with Gasteiger partial charge < -0.3 is 26.1 Å². The number of allylic oxidation sites excluding steroid dienone is 3. The predicted octanol–water partition coefficient (Wildman–Crippen LogP) is 0.358. The van der Waals surface area contributed by atoms with Crippen LogP contribution in [-0.4, -0.2) is 54.8 Å². The van der Waals surface area contributed by atoms with E-state index < -0.39 is 41.4 Å².